The van der Waals surface area contributed by atoms with Gasteiger partial charge in [-0.15, -0.1) is 0 Å². The van der Waals surface area contributed by atoms with Gasteiger partial charge in [-0.2, -0.15) is 8.42 Å². The van der Waals surface area contributed by atoms with E-state index in [1.54, 1.807) is 24.3 Å². The van der Waals surface area contributed by atoms with E-state index in [9.17, 15) is 8.42 Å². The second-order valence-corrected chi connectivity index (χ2v) is 8.93. The molecule has 0 amide bonds. The Morgan fingerprint density at radius 3 is 2.23 bits per heavy atom. The Balaban J connectivity index is 1.95. The molecule has 1 aliphatic rings. The molecule has 0 spiro atoms. The lowest BCUT2D eigenvalue weighted by Crippen LogP contribution is -2.25. The Bertz CT molecular complexity index is 641. The lowest BCUT2D eigenvalue weighted by Gasteiger charge is -2.35. The monoisotopic (exact) mass is 322 g/mol. The van der Waals surface area contributed by atoms with E-state index in [0.717, 1.165) is 18.4 Å². The van der Waals surface area contributed by atoms with Crippen molar-refractivity contribution in [3.63, 3.8) is 0 Å². The van der Waals surface area contributed by atoms with E-state index in [0.29, 0.717) is 6.42 Å². The summed E-state index contributed by atoms with van der Waals surface area (Å²) in [5.74, 6) is 0. The van der Waals surface area contributed by atoms with Crippen molar-refractivity contribution in [2.45, 2.75) is 51.9 Å². The number of hydrogen-bond donors (Lipinski definition) is 0. The van der Waals surface area contributed by atoms with E-state index < -0.39 is 10.1 Å². The molecular formula is C18H26O3S. The Labute approximate surface area is 134 Å². The van der Waals surface area contributed by atoms with E-state index in [4.69, 9.17) is 4.18 Å². The van der Waals surface area contributed by atoms with Gasteiger partial charge in [0.2, 0.25) is 0 Å². The molecule has 0 radical (unpaired) electrons. The van der Waals surface area contributed by atoms with Crippen LogP contribution in [0.2, 0.25) is 0 Å². The van der Waals surface area contributed by atoms with Crippen LogP contribution in [0, 0.1) is 17.8 Å². The summed E-state index contributed by atoms with van der Waals surface area (Å²) in [5, 5.41) is 0. The summed E-state index contributed by atoms with van der Waals surface area (Å²) in [4.78, 5) is 0.226. The van der Waals surface area contributed by atoms with Crippen molar-refractivity contribution in [2.75, 3.05) is 6.61 Å². The van der Waals surface area contributed by atoms with Crippen LogP contribution in [0.5, 0.6) is 0 Å². The largest absolute Gasteiger partial charge is 0.296 e. The first-order chi connectivity index (χ1) is 10.1. The second-order valence-electron chi connectivity index (χ2n) is 7.32. The molecule has 1 atom stereocenters. The number of benzene rings is 1. The number of rotatable bonds is 5. The third-order valence-corrected chi connectivity index (χ3v) is 5.83. The summed E-state index contributed by atoms with van der Waals surface area (Å²) in [6.45, 7) is 8.76. The van der Waals surface area contributed by atoms with Crippen LogP contribution in [-0.2, 0) is 14.3 Å². The first-order valence-corrected chi connectivity index (χ1v) is 9.19. The molecule has 1 unspecified atom stereocenters. The molecule has 0 aliphatic heterocycles. The van der Waals surface area contributed by atoms with E-state index in [2.05, 4.69) is 32.9 Å². The van der Waals surface area contributed by atoms with Crippen LogP contribution in [0.3, 0.4) is 0 Å². The van der Waals surface area contributed by atoms with E-state index in [1.165, 1.54) is 0 Å². The molecule has 0 bridgehead atoms. The minimum absolute atomic E-state index is 0.0261. The van der Waals surface area contributed by atoms with Crippen molar-refractivity contribution >= 4 is 10.1 Å². The zero-order valence-corrected chi connectivity index (χ0v) is 14.7. The van der Waals surface area contributed by atoms with Gasteiger partial charge in [-0.25, -0.2) is 0 Å². The van der Waals surface area contributed by atoms with Crippen LogP contribution in [-0.4, -0.2) is 15.0 Å². The first-order valence-electron chi connectivity index (χ1n) is 7.79. The maximum atomic E-state index is 12.2. The molecule has 0 saturated carbocycles. The van der Waals surface area contributed by atoms with Crippen molar-refractivity contribution in [1.29, 1.82) is 0 Å². The normalized spacial score (nSPS) is 24.4. The topological polar surface area (TPSA) is 43.4 Å². The van der Waals surface area contributed by atoms with Gasteiger partial charge in [-0.1, -0.05) is 50.6 Å². The first kappa shape index (κ1) is 17.2. The van der Waals surface area contributed by atoms with Crippen LogP contribution in [0.25, 0.3) is 0 Å². The van der Waals surface area contributed by atoms with Gasteiger partial charge >= 0.3 is 0 Å². The standard InChI is InChI=1S/C18H26O3S/c1-15-5-7-16(8-6-15)22(19,20)21-14-13-18(4)11-9-17(2,3)10-12-18/h5-9,11H,10,12-14H2,1-4H3. The van der Waals surface area contributed by atoms with E-state index in [1.807, 2.05) is 6.92 Å². The van der Waals surface area contributed by atoms with E-state index >= 15 is 0 Å². The number of hydrogen-bond acceptors (Lipinski definition) is 3. The molecular weight excluding hydrogens is 296 g/mol. The quantitative estimate of drug-likeness (QED) is 0.593. The van der Waals surface area contributed by atoms with Gasteiger partial charge in [-0.3, -0.25) is 4.18 Å². The molecule has 4 heteroatoms. The van der Waals surface area contributed by atoms with Crippen molar-refractivity contribution in [3.8, 4) is 0 Å². The Kier molecular flexibility index (Phi) is 4.83. The predicted octanol–water partition coefficient (Wildman–Crippen LogP) is 4.47. The molecule has 2 rings (SSSR count). The minimum atomic E-state index is -3.65. The molecule has 0 N–H and O–H groups in total. The number of allylic oxidation sites excluding steroid dienone is 2. The van der Waals surface area contributed by atoms with Crippen LogP contribution >= 0.6 is 0 Å². The highest BCUT2D eigenvalue weighted by molar-refractivity contribution is 7.86. The molecule has 1 aromatic carbocycles. The van der Waals surface area contributed by atoms with Gasteiger partial charge in [0.05, 0.1) is 11.5 Å². The summed E-state index contributed by atoms with van der Waals surface area (Å²) >= 11 is 0. The minimum Gasteiger partial charge on any atom is -0.266 e. The van der Waals surface area contributed by atoms with Crippen LogP contribution in [0.15, 0.2) is 41.3 Å². The highest BCUT2D eigenvalue weighted by Crippen LogP contribution is 2.41. The SMILES string of the molecule is Cc1ccc(S(=O)(=O)OCCC2(C)C=CC(C)(C)CC2)cc1. The fraction of sp³-hybridized carbons (Fsp3) is 0.556. The Hall–Kier alpha value is -1.13. The zero-order chi connectivity index (χ0) is 16.4. The summed E-state index contributed by atoms with van der Waals surface area (Å²) in [7, 11) is -3.65. The van der Waals surface area contributed by atoms with Gasteiger partial charge in [-0.05, 0) is 49.1 Å². The van der Waals surface area contributed by atoms with Crippen LogP contribution < -0.4 is 0 Å². The van der Waals surface area contributed by atoms with Crippen LogP contribution in [0.4, 0.5) is 0 Å². The maximum absolute atomic E-state index is 12.2. The third kappa shape index (κ3) is 4.43. The highest BCUT2D eigenvalue weighted by atomic mass is 32.2. The fourth-order valence-electron chi connectivity index (χ4n) is 2.57. The molecule has 1 aromatic rings. The molecule has 0 aromatic heterocycles. The summed E-state index contributed by atoms with van der Waals surface area (Å²) in [5.41, 5.74) is 1.30. The lowest BCUT2D eigenvalue weighted by molar-refractivity contribution is 0.211. The third-order valence-electron chi connectivity index (χ3n) is 4.50. The van der Waals surface area contributed by atoms with Crippen molar-refractivity contribution in [3.05, 3.63) is 42.0 Å². The average molecular weight is 322 g/mol. The van der Waals surface area contributed by atoms with Crippen molar-refractivity contribution in [2.24, 2.45) is 10.8 Å². The maximum Gasteiger partial charge on any atom is 0.296 e. The highest BCUT2D eigenvalue weighted by Gasteiger charge is 2.30. The molecule has 3 nitrogen and oxygen atoms in total. The smallest absolute Gasteiger partial charge is 0.266 e. The number of aryl methyl sites for hydroxylation is 1. The molecule has 0 saturated heterocycles. The fourth-order valence-corrected chi connectivity index (χ4v) is 3.48. The molecule has 122 valence electrons. The molecule has 1 aliphatic carbocycles. The Morgan fingerprint density at radius 1 is 1.05 bits per heavy atom. The lowest BCUT2D eigenvalue weighted by atomic mass is 9.70. The van der Waals surface area contributed by atoms with Gasteiger partial charge < -0.3 is 0 Å². The summed E-state index contributed by atoms with van der Waals surface area (Å²) < 4.78 is 29.5. The van der Waals surface area contributed by atoms with Gasteiger partial charge in [0, 0.05) is 0 Å². The predicted molar refractivity (Wildman–Crippen MR) is 89.2 cm³/mol. The van der Waals surface area contributed by atoms with Gasteiger partial charge in [0.1, 0.15) is 0 Å². The average Bonchev–Trinajstić information content (AvgIpc) is 2.43. The Morgan fingerprint density at radius 2 is 1.68 bits per heavy atom. The second kappa shape index (κ2) is 6.17. The molecule has 22 heavy (non-hydrogen) atoms. The summed E-state index contributed by atoms with van der Waals surface area (Å²) in [6.07, 6.45) is 7.35. The van der Waals surface area contributed by atoms with Crippen molar-refractivity contribution in [1.82, 2.24) is 0 Å². The molecule has 0 fully saturated rings. The van der Waals surface area contributed by atoms with Crippen LogP contribution in [0.1, 0.15) is 45.6 Å². The zero-order valence-electron chi connectivity index (χ0n) is 13.9. The van der Waals surface area contributed by atoms with E-state index in [-0.39, 0.29) is 22.3 Å². The summed E-state index contributed by atoms with van der Waals surface area (Å²) in [6, 6.07) is 6.75. The van der Waals surface area contributed by atoms with Gasteiger partial charge in [0.25, 0.3) is 10.1 Å². The van der Waals surface area contributed by atoms with Gasteiger partial charge in [0.15, 0.2) is 0 Å². The molecule has 0 heterocycles. The van der Waals surface area contributed by atoms with Crippen molar-refractivity contribution < 1.29 is 12.6 Å².